The van der Waals surface area contributed by atoms with E-state index in [1.165, 1.54) is 6.07 Å². The van der Waals surface area contributed by atoms with Crippen molar-refractivity contribution in [3.8, 4) is 0 Å². The van der Waals surface area contributed by atoms with E-state index in [1.54, 1.807) is 18.2 Å². The summed E-state index contributed by atoms with van der Waals surface area (Å²) >= 11 is 0. The summed E-state index contributed by atoms with van der Waals surface area (Å²) in [4.78, 5) is 14.7. The number of halogens is 1. The van der Waals surface area contributed by atoms with Gasteiger partial charge in [0, 0.05) is 18.7 Å². The standard InChI is InChI=1S/C16H21FN2O/c1-15(10-18)8-9-19(11-15)14(20)16(6-7-16)12-4-2-3-5-13(12)17/h2-5H,6-11,18H2,1H3. The van der Waals surface area contributed by atoms with E-state index in [1.807, 2.05) is 4.90 Å². The zero-order valence-corrected chi connectivity index (χ0v) is 11.9. The quantitative estimate of drug-likeness (QED) is 0.918. The average Bonchev–Trinajstić information content (AvgIpc) is 3.16. The highest BCUT2D eigenvalue weighted by Gasteiger charge is 2.55. The maximum Gasteiger partial charge on any atom is 0.233 e. The fourth-order valence-corrected chi connectivity index (χ4v) is 3.24. The van der Waals surface area contributed by atoms with Crippen molar-refractivity contribution in [2.75, 3.05) is 19.6 Å². The van der Waals surface area contributed by atoms with Crippen LogP contribution in [0.25, 0.3) is 0 Å². The third-order valence-corrected chi connectivity index (χ3v) is 4.89. The first-order valence-electron chi connectivity index (χ1n) is 7.25. The molecule has 0 spiro atoms. The molecule has 2 fully saturated rings. The average molecular weight is 276 g/mol. The van der Waals surface area contributed by atoms with Gasteiger partial charge < -0.3 is 10.6 Å². The summed E-state index contributed by atoms with van der Waals surface area (Å²) in [6, 6.07) is 6.66. The Bertz CT molecular complexity index is 541. The number of hydrogen-bond acceptors (Lipinski definition) is 2. The number of carbonyl (C=O) groups excluding carboxylic acids is 1. The van der Waals surface area contributed by atoms with Gasteiger partial charge in [-0.2, -0.15) is 0 Å². The summed E-state index contributed by atoms with van der Waals surface area (Å²) in [6.07, 6.45) is 2.44. The number of hydrogen-bond donors (Lipinski definition) is 1. The normalized spacial score (nSPS) is 27.6. The van der Waals surface area contributed by atoms with E-state index in [4.69, 9.17) is 5.73 Å². The molecule has 1 aliphatic heterocycles. The Balaban J connectivity index is 1.83. The minimum Gasteiger partial charge on any atom is -0.341 e. The van der Waals surface area contributed by atoms with E-state index in [0.29, 0.717) is 18.7 Å². The molecular weight excluding hydrogens is 255 g/mol. The lowest BCUT2D eigenvalue weighted by Crippen LogP contribution is -2.40. The molecule has 0 aromatic heterocycles. The minimum atomic E-state index is -0.606. The Hall–Kier alpha value is -1.42. The first kappa shape index (κ1) is 13.6. The lowest BCUT2D eigenvalue weighted by molar-refractivity contribution is -0.133. The van der Waals surface area contributed by atoms with E-state index < -0.39 is 5.41 Å². The highest BCUT2D eigenvalue weighted by atomic mass is 19.1. The van der Waals surface area contributed by atoms with Gasteiger partial charge in [0.1, 0.15) is 5.82 Å². The molecule has 3 nitrogen and oxygen atoms in total. The number of carbonyl (C=O) groups is 1. The zero-order valence-electron chi connectivity index (χ0n) is 11.9. The van der Waals surface area contributed by atoms with Gasteiger partial charge in [0.15, 0.2) is 0 Å². The smallest absolute Gasteiger partial charge is 0.233 e. The number of benzene rings is 1. The van der Waals surface area contributed by atoms with Gasteiger partial charge in [-0.3, -0.25) is 4.79 Å². The molecule has 1 aromatic rings. The van der Waals surface area contributed by atoms with Crippen molar-refractivity contribution in [1.82, 2.24) is 4.90 Å². The fraction of sp³-hybridized carbons (Fsp3) is 0.562. The summed E-state index contributed by atoms with van der Waals surface area (Å²) in [5.41, 5.74) is 5.76. The molecule has 0 radical (unpaired) electrons. The van der Waals surface area contributed by atoms with Crippen molar-refractivity contribution in [3.63, 3.8) is 0 Å². The van der Waals surface area contributed by atoms with E-state index in [9.17, 15) is 9.18 Å². The molecule has 1 aliphatic carbocycles. The summed E-state index contributed by atoms with van der Waals surface area (Å²) in [7, 11) is 0. The highest BCUT2D eigenvalue weighted by Crippen LogP contribution is 2.51. The van der Waals surface area contributed by atoms with Crippen LogP contribution in [0.2, 0.25) is 0 Å². The molecule has 2 N–H and O–H groups in total. The van der Waals surface area contributed by atoms with Crippen LogP contribution in [-0.2, 0) is 10.2 Å². The molecule has 0 bridgehead atoms. The summed E-state index contributed by atoms with van der Waals surface area (Å²) in [5.74, 6) is -0.182. The van der Waals surface area contributed by atoms with Gasteiger partial charge in [-0.15, -0.1) is 0 Å². The molecule has 1 unspecified atom stereocenters. The van der Waals surface area contributed by atoms with Crippen LogP contribution in [0.4, 0.5) is 4.39 Å². The van der Waals surface area contributed by atoms with Crippen molar-refractivity contribution in [2.45, 2.75) is 31.6 Å². The van der Waals surface area contributed by atoms with Crippen LogP contribution in [0.15, 0.2) is 24.3 Å². The molecular formula is C16H21FN2O. The lowest BCUT2D eigenvalue weighted by atomic mass is 9.90. The molecule has 1 atom stereocenters. The number of amides is 1. The molecule has 3 rings (SSSR count). The van der Waals surface area contributed by atoms with Crippen molar-refractivity contribution >= 4 is 5.91 Å². The van der Waals surface area contributed by atoms with Gasteiger partial charge in [-0.05, 0) is 37.3 Å². The highest BCUT2D eigenvalue weighted by molar-refractivity contribution is 5.91. The maximum absolute atomic E-state index is 14.0. The third kappa shape index (κ3) is 2.03. The Kier molecular flexibility index (Phi) is 3.09. The molecule has 20 heavy (non-hydrogen) atoms. The van der Waals surface area contributed by atoms with Gasteiger partial charge >= 0.3 is 0 Å². The third-order valence-electron chi connectivity index (χ3n) is 4.89. The van der Waals surface area contributed by atoms with Crippen LogP contribution in [0.5, 0.6) is 0 Å². The van der Waals surface area contributed by atoms with Crippen LogP contribution < -0.4 is 5.73 Å². The molecule has 1 aromatic carbocycles. The predicted molar refractivity (Wildman–Crippen MR) is 75.7 cm³/mol. The van der Waals surface area contributed by atoms with E-state index >= 15 is 0 Å². The summed E-state index contributed by atoms with van der Waals surface area (Å²) in [6.45, 7) is 4.13. The first-order chi connectivity index (χ1) is 9.51. The molecule has 2 aliphatic rings. The SMILES string of the molecule is CC1(CN)CCN(C(=O)C2(c3ccccc3F)CC2)C1. The lowest BCUT2D eigenvalue weighted by Gasteiger charge is -2.26. The van der Waals surface area contributed by atoms with Gasteiger partial charge in [0.05, 0.1) is 5.41 Å². The van der Waals surface area contributed by atoms with Crippen molar-refractivity contribution in [3.05, 3.63) is 35.6 Å². The zero-order chi connectivity index (χ0) is 14.4. The molecule has 4 heteroatoms. The van der Waals surface area contributed by atoms with E-state index in [-0.39, 0.29) is 17.1 Å². The Morgan fingerprint density at radius 3 is 2.60 bits per heavy atom. The monoisotopic (exact) mass is 276 g/mol. The molecule has 1 heterocycles. The van der Waals surface area contributed by atoms with Crippen LogP contribution in [0, 0.1) is 11.2 Å². The maximum atomic E-state index is 14.0. The number of nitrogens with two attached hydrogens (primary N) is 1. The molecule has 1 saturated heterocycles. The van der Waals surface area contributed by atoms with Crippen molar-refractivity contribution in [1.29, 1.82) is 0 Å². The second kappa shape index (κ2) is 4.55. The second-order valence-corrected chi connectivity index (χ2v) is 6.55. The minimum absolute atomic E-state index is 0.0149. The van der Waals surface area contributed by atoms with Crippen LogP contribution >= 0.6 is 0 Å². The van der Waals surface area contributed by atoms with Crippen molar-refractivity contribution < 1.29 is 9.18 Å². The van der Waals surface area contributed by atoms with Gasteiger partial charge in [-0.1, -0.05) is 25.1 Å². The van der Waals surface area contributed by atoms with E-state index in [0.717, 1.165) is 25.8 Å². The van der Waals surface area contributed by atoms with E-state index in [2.05, 4.69) is 6.92 Å². The molecule has 1 saturated carbocycles. The fourth-order valence-electron chi connectivity index (χ4n) is 3.24. The van der Waals surface area contributed by atoms with Gasteiger partial charge in [0.25, 0.3) is 0 Å². The van der Waals surface area contributed by atoms with Crippen LogP contribution in [0.1, 0.15) is 31.7 Å². The first-order valence-corrected chi connectivity index (χ1v) is 7.25. The summed E-state index contributed by atoms with van der Waals surface area (Å²) < 4.78 is 14.0. The topological polar surface area (TPSA) is 46.3 Å². The second-order valence-electron chi connectivity index (χ2n) is 6.55. The molecule has 108 valence electrons. The Morgan fingerprint density at radius 1 is 1.35 bits per heavy atom. The van der Waals surface area contributed by atoms with Gasteiger partial charge in [-0.25, -0.2) is 4.39 Å². The summed E-state index contributed by atoms with van der Waals surface area (Å²) in [5, 5.41) is 0. The van der Waals surface area contributed by atoms with Crippen molar-refractivity contribution in [2.24, 2.45) is 11.1 Å². The number of nitrogens with zero attached hydrogens (tertiary/aromatic N) is 1. The molecule has 1 amide bonds. The van der Waals surface area contributed by atoms with Crippen LogP contribution in [0.3, 0.4) is 0 Å². The van der Waals surface area contributed by atoms with Crippen LogP contribution in [-0.4, -0.2) is 30.4 Å². The largest absolute Gasteiger partial charge is 0.341 e. The number of rotatable bonds is 3. The number of likely N-dealkylation sites (tertiary alicyclic amines) is 1. The predicted octanol–water partition coefficient (Wildman–Crippen LogP) is 2.05. The van der Waals surface area contributed by atoms with Gasteiger partial charge in [0.2, 0.25) is 5.91 Å². The Morgan fingerprint density at radius 2 is 2.05 bits per heavy atom. The Labute approximate surface area is 118 Å².